The minimum Gasteiger partial charge on any atom is -0.367 e. The van der Waals surface area contributed by atoms with Gasteiger partial charge in [0.25, 0.3) is 11.8 Å². The van der Waals surface area contributed by atoms with Crippen LogP contribution >= 0.6 is 0 Å². The first kappa shape index (κ1) is 17.3. The first-order chi connectivity index (χ1) is 13.2. The lowest BCUT2D eigenvalue weighted by Crippen LogP contribution is -2.37. The maximum atomic E-state index is 13.0. The number of nitrogens with zero attached hydrogens (tertiary/aromatic N) is 3. The number of carbonyl (C=O) groups is 2. The van der Waals surface area contributed by atoms with Crippen LogP contribution in [-0.2, 0) is 6.42 Å². The Labute approximate surface area is 157 Å². The number of H-pyrrole nitrogens is 2. The predicted octanol–water partition coefficient (Wildman–Crippen LogP) is 2.44. The summed E-state index contributed by atoms with van der Waals surface area (Å²) >= 11 is 0. The van der Waals surface area contributed by atoms with Gasteiger partial charge in [0.15, 0.2) is 0 Å². The van der Waals surface area contributed by atoms with Crippen molar-refractivity contribution in [3.8, 4) is 0 Å². The second-order valence-electron chi connectivity index (χ2n) is 6.81. The fourth-order valence-electron chi connectivity index (χ4n) is 3.51. The van der Waals surface area contributed by atoms with E-state index in [1.165, 1.54) is 0 Å². The zero-order chi connectivity index (χ0) is 18.8. The van der Waals surface area contributed by atoms with Crippen LogP contribution in [-0.4, -0.2) is 62.7 Å². The van der Waals surface area contributed by atoms with Crippen LogP contribution in [0, 0.1) is 0 Å². The highest BCUT2D eigenvalue weighted by atomic mass is 16.2. The van der Waals surface area contributed by atoms with Gasteiger partial charge in [-0.15, -0.1) is 0 Å². The maximum absolute atomic E-state index is 13.0. The Morgan fingerprint density at radius 2 is 1.78 bits per heavy atom. The average molecular weight is 365 g/mol. The van der Waals surface area contributed by atoms with Crippen LogP contribution in [0.1, 0.15) is 39.9 Å². The quantitative estimate of drug-likeness (QED) is 0.748. The van der Waals surface area contributed by atoms with E-state index in [1.807, 2.05) is 34.9 Å². The average Bonchev–Trinajstić information content (AvgIpc) is 3.30. The Hall–Kier alpha value is -3.09. The van der Waals surface area contributed by atoms with Crippen molar-refractivity contribution in [1.82, 2.24) is 24.8 Å². The van der Waals surface area contributed by atoms with E-state index in [2.05, 4.69) is 15.0 Å². The van der Waals surface area contributed by atoms with Crippen molar-refractivity contribution in [1.29, 1.82) is 0 Å². The Morgan fingerprint density at radius 3 is 2.44 bits per heavy atom. The fraction of sp³-hybridized carbons (Fsp3) is 0.350. The molecule has 0 aliphatic carbocycles. The normalized spacial score (nSPS) is 15.1. The second-order valence-corrected chi connectivity index (χ2v) is 6.81. The highest BCUT2D eigenvalue weighted by Crippen LogP contribution is 2.17. The smallest absolute Gasteiger partial charge is 0.255 e. The summed E-state index contributed by atoms with van der Waals surface area (Å²) in [4.78, 5) is 39.8. The molecule has 3 heterocycles. The standard InChI is InChI=1S/C20H23N5O2/c1-2-18-22-16-5-4-14(12-17(16)23-18)19(26)24-8-3-9-25(11-10-24)20(27)15-6-7-21-13-15/h4-7,12-13,21H,2-3,8-11H2,1H3,(H,22,23). The Morgan fingerprint density at radius 1 is 1.04 bits per heavy atom. The van der Waals surface area contributed by atoms with Crippen LogP contribution < -0.4 is 0 Å². The van der Waals surface area contributed by atoms with Crippen LogP contribution in [0.5, 0.6) is 0 Å². The lowest BCUT2D eigenvalue weighted by atomic mass is 10.1. The molecular weight excluding hydrogens is 342 g/mol. The molecule has 1 saturated heterocycles. The molecule has 7 heteroatoms. The van der Waals surface area contributed by atoms with Gasteiger partial charge in [-0.25, -0.2) is 4.98 Å². The number of aromatic nitrogens is 3. The number of aromatic amines is 2. The van der Waals surface area contributed by atoms with E-state index < -0.39 is 0 Å². The topological polar surface area (TPSA) is 85.1 Å². The molecule has 1 fully saturated rings. The summed E-state index contributed by atoms with van der Waals surface area (Å²) < 4.78 is 0. The number of rotatable bonds is 3. The molecule has 4 rings (SSSR count). The zero-order valence-corrected chi connectivity index (χ0v) is 15.4. The van der Waals surface area contributed by atoms with Gasteiger partial charge in [-0.05, 0) is 30.7 Å². The van der Waals surface area contributed by atoms with Crippen LogP contribution in [0.25, 0.3) is 11.0 Å². The number of amides is 2. The molecular formula is C20H23N5O2. The summed E-state index contributed by atoms with van der Waals surface area (Å²) in [6.45, 7) is 4.43. The minimum absolute atomic E-state index is 0.000455. The van der Waals surface area contributed by atoms with Crippen molar-refractivity contribution in [2.24, 2.45) is 0 Å². The summed E-state index contributed by atoms with van der Waals surface area (Å²) in [6, 6.07) is 7.37. The highest BCUT2D eigenvalue weighted by Gasteiger charge is 2.24. The van der Waals surface area contributed by atoms with E-state index in [1.54, 1.807) is 18.5 Å². The van der Waals surface area contributed by atoms with E-state index in [0.29, 0.717) is 37.3 Å². The van der Waals surface area contributed by atoms with Gasteiger partial charge in [0.1, 0.15) is 5.82 Å². The number of fused-ring (bicyclic) bond motifs is 1. The molecule has 2 amide bonds. The Balaban J connectivity index is 1.47. The molecule has 3 aromatic rings. The number of hydrogen-bond acceptors (Lipinski definition) is 3. The number of imidazole rings is 1. The molecule has 2 N–H and O–H groups in total. The van der Waals surface area contributed by atoms with Crippen LogP contribution in [0.4, 0.5) is 0 Å². The van der Waals surface area contributed by atoms with E-state index >= 15 is 0 Å². The summed E-state index contributed by atoms with van der Waals surface area (Å²) in [5.41, 5.74) is 3.07. The third-order valence-corrected chi connectivity index (χ3v) is 5.03. The molecule has 140 valence electrons. The summed E-state index contributed by atoms with van der Waals surface area (Å²) in [5, 5.41) is 0. The van der Waals surface area contributed by atoms with Crippen LogP contribution in [0.15, 0.2) is 36.7 Å². The van der Waals surface area contributed by atoms with Gasteiger partial charge in [0.2, 0.25) is 0 Å². The van der Waals surface area contributed by atoms with Gasteiger partial charge >= 0.3 is 0 Å². The fourth-order valence-corrected chi connectivity index (χ4v) is 3.51. The number of benzene rings is 1. The molecule has 7 nitrogen and oxygen atoms in total. The number of aryl methyl sites for hydroxylation is 1. The van der Waals surface area contributed by atoms with Crippen LogP contribution in [0.3, 0.4) is 0 Å². The predicted molar refractivity (Wildman–Crippen MR) is 103 cm³/mol. The third kappa shape index (κ3) is 3.45. The second kappa shape index (κ2) is 7.26. The van der Waals surface area contributed by atoms with Gasteiger partial charge in [0.05, 0.1) is 16.6 Å². The van der Waals surface area contributed by atoms with Crippen LogP contribution in [0.2, 0.25) is 0 Å². The first-order valence-corrected chi connectivity index (χ1v) is 9.35. The lowest BCUT2D eigenvalue weighted by molar-refractivity contribution is 0.0719. The summed E-state index contributed by atoms with van der Waals surface area (Å²) in [7, 11) is 0. The van der Waals surface area contributed by atoms with Crippen molar-refractivity contribution in [2.75, 3.05) is 26.2 Å². The van der Waals surface area contributed by atoms with E-state index in [4.69, 9.17) is 0 Å². The molecule has 0 saturated carbocycles. The molecule has 1 aromatic carbocycles. The number of nitrogens with one attached hydrogen (secondary N) is 2. The molecule has 2 aromatic heterocycles. The van der Waals surface area contributed by atoms with Gasteiger partial charge in [0, 0.05) is 50.6 Å². The highest BCUT2D eigenvalue weighted by molar-refractivity contribution is 5.97. The molecule has 0 bridgehead atoms. The monoisotopic (exact) mass is 365 g/mol. The van der Waals surface area contributed by atoms with Crippen molar-refractivity contribution in [3.63, 3.8) is 0 Å². The molecule has 0 unspecified atom stereocenters. The van der Waals surface area contributed by atoms with Crippen molar-refractivity contribution in [2.45, 2.75) is 19.8 Å². The number of carbonyl (C=O) groups excluding carboxylic acids is 2. The Bertz CT molecular complexity index is 960. The number of hydrogen-bond donors (Lipinski definition) is 2. The molecule has 0 atom stereocenters. The van der Waals surface area contributed by atoms with Gasteiger partial charge in [-0.2, -0.15) is 0 Å². The van der Waals surface area contributed by atoms with Crippen molar-refractivity contribution < 1.29 is 9.59 Å². The molecule has 1 aliphatic rings. The largest absolute Gasteiger partial charge is 0.367 e. The van der Waals surface area contributed by atoms with E-state index in [-0.39, 0.29) is 11.8 Å². The first-order valence-electron chi connectivity index (χ1n) is 9.35. The van der Waals surface area contributed by atoms with Crippen molar-refractivity contribution in [3.05, 3.63) is 53.6 Å². The van der Waals surface area contributed by atoms with Crippen molar-refractivity contribution >= 4 is 22.8 Å². The molecule has 0 radical (unpaired) electrons. The zero-order valence-electron chi connectivity index (χ0n) is 15.4. The van der Waals surface area contributed by atoms with Gasteiger partial charge in [-0.1, -0.05) is 6.92 Å². The minimum atomic E-state index is 0.000455. The molecule has 0 spiro atoms. The molecule has 27 heavy (non-hydrogen) atoms. The van der Waals surface area contributed by atoms with Gasteiger partial charge in [-0.3, -0.25) is 9.59 Å². The lowest BCUT2D eigenvalue weighted by Gasteiger charge is -2.22. The third-order valence-electron chi connectivity index (χ3n) is 5.03. The summed E-state index contributed by atoms with van der Waals surface area (Å²) in [6.07, 6.45) is 5.06. The van der Waals surface area contributed by atoms with E-state index in [0.717, 1.165) is 29.7 Å². The SMILES string of the molecule is CCc1nc2ccc(C(=O)N3CCCN(C(=O)c4cc[nH]c4)CC3)cc2[nH]1. The van der Waals surface area contributed by atoms with E-state index in [9.17, 15) is 9.59 Å². The summed E-state index contributed by atoms with van der Waals surface area (Å²) in [5.74, 6) is 0.931. The Kier molecular flexibility index (Phi) is 4.66. The maximum Gasteiger partial charge on any atom is 0.255 e. The van der Waals surface area contributed by atoms with Gasteiger partial charge < -0.3 is 19.8 Å². The molecule has 1 aliphatic heterocycles.